The van der Waals surface area contributed by atoms with Crippen molar-refractivity contribution in [3.8, 4) is 0 Å². The number of hydrogen-bond donors (Lipinski definition) is 2. The Morgan fingerprint density at radius 3 is 2.60 bits per heavy atom. The van der Waals surface area contributed by atoms with Crippen LogP contribution in [0.3, 0.4) is 0 Å². The molecule has 0 heterocycles. The third-order valence-corrected chi connectivity index (χ3v) is 3.29. The summed E-state index contributed by atoms with van der Waals surface area (Å²) in [7, 11) is 0. The SMILES string of the molecule is CCC1CCCCC1NCC(F)(F)CO. The van der Waals surface area contributed by atoms with E-state index in [1.807, 2.05) is 0 Å². The molecule has 15 heavy (non-hydrogen) atoms. The normalized spacial score (nSPS) is 28.0. The molecule has 1 rings (SSSR count). The smallest absolute Gasteiger partial charge is 0.282 e. The quantitative estimate of drug-likeness (QED) is 0.745. The number of hydrogen-bond acceptors (Lipinski definition) is 2. The van der Waals surface area contributed by atoms with E-state index < -0.39 is 19.1 Å². The van der Waals surface area contributed by atoms with Crippen LogP contribution in [0.2, 0.25) is 0 Å². The van der Waals surface area contributed by atoms with Crippen LogP contribution in [0.1, 0.15) is 39.0 Å². The average molecular weight is 221 g/mol. The van der Waals surface area contributed by atoms with Gasteiger partial charge in [-0.05, 0) is 18.8 Å². The fraction of sp³-hybridized carbons (Fsp3) is 1.00. The maximum atomic E-state index is 12.8. The molecular weight excluding hydrogens is 200 g/mol. The summed E-state index contributed by atoms with van der Waals surface area (Å²) in [6.07, 6.45) is 5.51. The molecule has 0 aromatic heterocycles. The maximum absolute atomic E-state index is 12.8. The van der Waals surface area contributed by atoms with Crippen LogP contribution in [-0.2, 0) is 0 Å². The molecule has 1 saturated carbocycles. The lowest BCUT2D eigenvalue weighted by Crippen LogP contribution is -2.45. The Bertz CT molecular complexity index is 187. The molecule has 90 valence electrons. The Labute approximate surface area is 90.1 Å². The Morgan fingerprint density at radius 1 is 1.33 bits per heavy atom. The van der Waals surface area contributed by atoms with Gasteiger partial charge in [-0.15, -0.1) is 0 Å². The second kappa shape index (κ2) is 5.75. The van der Waals surface area contributed by atoms with E-state index in [4.69, 9.17) is 5.11 Å². The molecule has 0 aromatic carbocycles. The number of alkyl halides is 2. The summed E-state index contributed by atoms with van der Waals surface area (Å²) < 4.78 is 25.7. The summed E-state index contributed by atoms with van der Waals surface area (Å²) in [5.74, 6) is -2.45. The minimum Gasteiger partial charge on any atom is -0.390 e. The van der Waals surface area contributed by atoms with Gasteiger partial charge in [-0.3, -0.25) is 0 Å². The Kier molecular flexibility index (Phi) is 4.93. The van der Waals surface area contributed by atoms with E-state index in [1.54, 1.807) is 0 Å². The van der Waals surface area contributed by atoms with E-state index in [9.17, 15) is 8.78 Å². The predicted molar refractivity (Wildman–Crippen MR) is 56.1 cm³/mol. The standard InChI is InChI=1S/C11H21F2NO/c1-2-9-5-3-4-6-10(9)14-7-11(12,13)8-15/h9-10,14-15H,2-8H2,1H3. The van der Waals surface area contributed by atoms with Crippen LogP contribution in [0.15, 0.2) is 0 Å². The van der Waals surface area contributed by atoms with Crippen LogP contribution in [0.25, 0.3) is 0 Å². The largest absolute Gasteiger partial charge is 0.390 e. The molecule has 2 unspecified atom stereocenters. The zero-order chi connectivity index (χ0) is 11.3. The maximum Gasteiger partial charge on any atom is 0.282 e. The van der Waals surface area contributed by atoms with Crippen molar-refractivity contribution in [1.82, 2.24) is 5.32 Å². The van der Waals surface area contributed by atoms with Crippen LogP contribution < -0.4 is 5.32 Å². The highest BCUT2D eigenvalue weighted by molar-refractivity contribution is 4.82. The number of rotatable bonds is 5. The van der Waals surface area contributed by atoms with Crippen molar-refractivity contribution in [3.05, 3.63) is 0 Å². The molecule has 0 saturated heterocycles. The third-order valence-electron chi connectivity index (χ3n) is 3.29. The average Bonchev–Trinajstić information content (AvgIpc) is 2.27. The van der Waals surface area contributed by atoms with Gasteiger partial charge in [-0.2, -0.15) is 0 Å². The first-order valence-electron chi connectivity index (χ1n) is 5.81. The molecule has 0 radical (unpaired) electrons. The highest BCUT2D eigenvalue weighted by Crippen LogP contribution is 2.27. The van der Waals surface area contributed by atoms with Crippen molar-refractivity contribution >= 4 is 0 Å². The Hall–Kier alpha value is -0.220. The van der Waals surface area contributed by atoms with E-state index in [0.717, 1.165) is 25.7 Å². The summed E-state index contributed by atoms with van der Waals surface area (Å²) in [5, 5.41) is 11.4. The van der Waals surface area contributed by atoms with Crippen molar-refractivity contribution in [1.29, 1.82) is 0 Å². The highest BCUT2D eigenvalue weighted by Gasteiger charge is 2.31. The molecule has 0 spiro atoms. The topological polar surface area (TPSA) is 32.3 Å². The molecule has 1 aliphatic rings. The molecule has 1 aliphatic carbocycles. The van der Waals surface area contributed by atoms with Gasteiger partial charge in [0.1, 0.15) is 6.61 Å². The molecule has 2 atom stereocenters. The molecule has 0 aliphatic heterocycles. The van der Waals surface area contributed by atoms with Gasteiger partial charge >= 0.3 is 0 Å². The first kappa shape index (κ1) is 12.8. The second-order valence-electron chi connectivity index (χ2n) is 4.45. The lowest BCUT2D eigenvalue weighted by atomic mass is 9.83. The van der Waals surface area contributed by atoms with Gasteiger partial charge in [0, 0.05) is 6.04 Å². The van der Waals surface area contributed by atoms with Crippen LogP contribution >= 0.6 is 0 Å². The molecule has 0 aromatic rings. The first-order valence-corrected chi connectivity index (χ1v) is 5.81. The fourth-order valence-corrected chi connectivity index (χ4v) is 2.30. The molecule has 4 heteroatoms. The Morgan fingerprint density at radius 2 is 2.00 bits per heavy atom. The van der Waals surface area contributed by atoms with E-state index in [-0.39, 0.29) is 6.04 Å². The van der Waals surface area contributed by atoms with Gasteiger partial charge in [-0.1, -0.05) is 26.2 Å². The summed E-state index contributed by atoms with van der Waals surface area (Å²) in [4.78, 5) is 0. The molecule has 0 bridgehead atoms. The molecule has 2 N–H and O–H groups in total. The Balaban J connectivity index is 2.35. The van der Waals surface area contributed by atoms with Crippen molar-refractivity contribution < 1.29 is 13.9 Å². The fourth-order valence-electron chi connectivity index (χ4n) is 2.30. The third kappa shape index (κ3) is 4.03. The lowest BCUT2D eigenvalue weighted by molar-refractivity contribution is -0.0512. The van der Waals surface area contributed by atoms with Gasteiger partial charge in [0.2, 0.25) is 0 Å². The van der Waals surface area contributed by atoms with Gasteiger partial charge in [0.05, 0.1) is 6.54 Å². The van der Waals surface area contributed by atoms with Crippen LogP contribution in [0.5, 0.6) is 0 Å². The van der Waals surface area contributed by atoms with Crippen LogP contribution in [0.4, 0.5) is 8.78 Å². The monoisotopic (exact) mass is 221 g/mol. The lowest BCUT2D eigenvalue weighted by Gasteiger charge is -2.32. The van der Waals surface area contributed by atoms with Gasteiger partial charge in [-0.25, -0.2) is 8.78 Å². The number of aliphatic hydroxyl groups excluding tert-OH is 1. The summed E-state index contributed by atoms with van der Waals surface area (Å²) in [5.41, 5.74) is 0. The minimum atomic E-state index is -2.98. The summed E-state index contributed by atoms with van der Waals surface area (Å²) >= 11 is 0. The van der Waals surface area contributed by atoms with Crippen LogP contribution in [-0.4, -0.2) is 30.2 Å². The number of halogens is 2. The van der Waals surface area contributed by atoms with Crippen molar-refractivity contribution in [3.63, 3.8) is 0 Å². The van der Waals surface area contributed by atoms with Gasteiger partial charge in [0.25, 0.3) is 5.92 Å². The summed E-state index contributed by atoms with van der Waals surface area (Å²) in [6.45, 7) is 0.642. The molecule has 0 amide bonds. The van der Waals surface area contributed by atoms with E-state index >= 15 is 0 Å². The number of nitrogens with one attached hydrogen (secondary N) is 1. The van der Waals surface area contributed by atoms with Crippen molar-refractivity contribution in [2.75, 3.05) is 13.2 Å². The molecular formula is C11H21F2NO. The zero-order valence-corrected chi connectivity index (χ0v) is 9.31. The molecule has 1 fully saturated rings. The zero-order valence-electron chi connectivity index (χ0n) is 9.31. The van der Waals surface area contributed by atoms with E-state index in [0.29, 0.717) is 5.92 Å². The first-order chi connectivity index (χ1) is 7.09. The van der Waals surface area contributed by atoms with Gasteiger partial charge in [0.15, 0.2) is 0 Å². The van der Waals surface area contributed by atoms with E-state index in [2.05, 4.69) is 12.2 Å². The minimum absolute atomic E-state index is 0.209. The predicted octanol–water partition coefficient (Wildman–Crippen LogP) is 2.17. The molecule has 2 nitrogen and oxygen atoms in total. The number of aliphatic hydroxyl groups is 1. The second-order valence-corrected chi connectivity index (χ2v) is 4.45. The highest BCUT2D eigenvalue weighted by atomic mass is 19.3. The van der Waals surface area contributed by atoms with Crippen molar-refractivity contribution in [2.24, 2.45) is 5.92 Å². The van der Waals surface area contributed by atoms with Crippen molar-refractivity contribution in [2.45, 2.75) is 51.0 Å². The van der Waals surface area contributed by atoms with Crippen LogP contribution in [0, 0.1) is 5.92 Å². The van der Waals surface area contributed by atoms with E-state index in [1.165, 1.54) is 6.42 Å². The summed E-state index contributed by atoms with van der Waals surface area (Å²) in [6, 6.07) is 0.209. The van der Waals surface area contributed by atoms with Gasteiger partial charge < -0.3 is 10.4 Å².